The van der Waals surface area contributed by atoms with E-state index in [1.807, 2.05) is 12.3 Å². The molecule has 0 radical (unpaired) electrons. The minimum atomic E-state index is -0.774. The first-order chi connectivity index (χ1) is 18.9. The number of halogens is 1. The fourth-order valence-electron chi connectivity index (χ4n) is 3.63. The summed E-state index contributed by atoms with van der Waals surface area (Å²) in [7, 11) is 0. The van der Waals surface area contributed by atoms with Crippen molar-refractivity contribution in [1.82, 2.24) is 44.8 Å². The molecule has 2 aliphatic heterocycles. The summed E-state index contributed by atoms with van der Waals surface area (Å²) in [6.45, 7) is 0. The smallest absolute Gasteiger partial charge is 0.278 e. The third-order valence-electron chi connectivity index (χ3n) is 5.50. The van der Waals surface area contributed by atoms with E-state index in [0.717, 1.165) is 22.1 Å². The highest BCUT2D eigenvalue weighted by Crippen LogP contribution is 2.37. The van der Waals surface area contributed by atoms with Crippen molar-refractivity contribution in [1.29, 1.82) is 0 Å². The van der Waals surface area contributed by atoms with Crippen LogP contribution < -0.4 is 15.9 Å². The number of oxime groups is 1. The van der Waals surface area contributed by atoms with Gasteiger partial charge in [-0.3, -0.25) is 9.59 Å². The highest BCUT2D eigenvalue weighted by Gasteiger charge is 2.49. The van der Waals surface area contributed by atoms with Crippen molar-refractivity contribution in [2.75, 3.05) is 17.2 Å². The number of carbonyl (C=O) groups is 2. The van der Waals surface area contributed by atoms with Gasteiger partial charge in [0.05, 0.1) is 0 Å². The van der Waals surface area contributed by atoms with Crippen molar-refractivity contribution in [2.24, 2.45) is 5.16 Å². The van der Waals surface area contributed by atoms with Crippen molar-refractivity contribution >= 4 is 63.4 Å². The Morgan fingerprint density at radius 3 is 2.92 bits per heavy atom. The van der Waals surface area contributed by atoms with Gasteiger partial charge >= 0.3 is 0 Å². The number of rotatable bonds is 8. The number of aromatic nitrogens is 7. The minimum Gasteiger partial charge on any atom is -0.374 e. The molecule has 0 aliphatic carbocycles. The third kappa shape index (κ3) is 5.25. The number of benzene rings is 1. The summed E-state index contributed by atoms with van der Waals surface area (Å²) < 4.78 is 18.6. The monoisotopic (exact) mass is 585 g/mol. The molecule has 0 saturated carbocycles. The average molecular weight is 586 g/mol. The van der Waals surface area contributed by atoms with Gasteiger partial charge in [0.2, 0.25) is 11.5 Å². The number of β-lactam (4-membered cyclic amide) rings is 1. The molecule has 1 aromatic carbocycles. The highest BCUT2D eigenvalue weighted by molar-refractivity contribution is 8.01. The van der Waals surface area contributed by atoms with E-state index in [9.17, 15) is 14.0 Å². The first-order valence-electron chi connectivity index (χ1n) is 11.2. The Morgan fingerprint density at radius 1 is 1.28 bits per heavy atom. The van der Waals surface area contributed by atoms with Gasteiger partial charge in [-0.15, -0.1) is 38.4 Å². The largest absolute Gasteiger partial charge is 0.374 e. The SMILES string of the molecule is Nc1nc(C(=NOc2ccc(F)cc2)C(=O)NC2C(=O)N3C=C(CSc4ccc5nnnn5n4)CS[C@@H]23)ns1. The summed E-state index contributed by atoms with van der Waals surface area (Å²) in [4.78, 5) is 36.9. The number of nitrogen functional groups attached to an aromatic ring is 1. The maximum absolute atomic E-state index is 13.2. The van der Waals surface area contributed by atoms with Crippen LogP contribution in [0.4, 0.5) is 9.52 Å². The number of hydrogen-bond donors (Lipinski definition) is 2. The van der Waals surface area contributed by atoms with Crippen molar-refractivity contribution in [3.05, 3.63) is 59.8 Å². The highest BCUT2D eigenvalue weighted by atomic mass is 32.2. The van der Waals surface area contributed by atoms with E-state index >= 15 is 0 Å². The number of fused-ring (bicyclic) bond motifs is 2. The van der Waals surface area contributed by atoms with Crippen LogP contribution in [0.1, 0.15) is 5.82 Å². The zero-order valence-electron chi connectivity index (χ0n) is 19.5. The molecule has 39 heavy (non-hydrogen) atoms. The molecular formula is C21H16FN11O3S3. The van der Waals surface area contributed by atoms with Crippen LogP contribution in [-0.4, -0.2) is 80.0 Å². The molecule has 1 saturated heterocycles. The van der Waals surface area contributed by atoms with Gasteiger partial charge in [-0.05, 0) is 52.4 Å². The molecule has 14 nitrogen and oxygen atoms in total. The van der Waals surface area contributed by atoms with Gasteiger partial charge in [-0.1, -0.05) is 5.16 Å². The predicted octanol–water partition coefficient (Wildman–Crippen LogP) is 0.951. The third-order valence-corrected chi connectivity index (χ3v) is 8.45. The number of carbonyl (C=O) groups excluding carboxylic acids is 2. The molecule has 4 aromatic rings. The van der Waals surface area contributed by atoms with Crippen LogP contribution in [0.25, 0.3) is 5.65 Å². The Balaban J connectivity index is 1.11. The van der Waals surface area contributed by atoms with Crippen molar-refractivity contribution < 1.29 is 18.8 Å². The molecule has 1 fully saturated rings. The number of nitrogens with zero attached hydrogens (tertiary/aromatic N) is 9. The van der Waals surface area contributed by atoms with Gasteiger partial charge in [0.1, 0.15) is 22.3 Å². The molecule has 5 heterocycles. The quantitative estimate of drug-likeness (QED) is 0.130. The second-order valence-electron chi connectivity index (χ2n) is 8.11. The van der Waals surface area contributed by atoms with Crippen LogP contribution >= 0.6 is 35.1 Å². The van der Waals surface area contributed by atoms with E-state index in [2.05, 4.69) is 40.5 Å². The standard InChI is InChI=1S/C21H16FN11O3S3/c22-11-1-3-12(4-2-11)36-28-15(17-25-21(23)39-29-17)18(34)24-16-19(35)32-7-10(9-38-20(16)32)8-37-14-6-5-13-26-30-31-33(13)27-14/h1-7,16,20H,8-9H2,(H,24,34)(H2,23,25,29)/t16?,20-/m0/s1. The fraction of sp³-hybridized carbons (Fsp3) is 0.190. The number of hydrogen-bond acceptors (Lipinski definition) is 14. The summed E-state index contributed by atoms with van der Waals surface area (Å²) in [6, 6.07) is 7.92. The first-order valence-corrected chi connectivity index (χ1v) is 14.0. The van der Waals surface area contributed by atoms with Crippen molar-refractivity contribution in [2.45, 2.75) is 16.4 Å². The number of thioether (sulfide) groups is 2. The Bertz CT molecular complexity index is 1620. The molecule has 198 valence electrons. The topological polar surface area (TPSA) is 179 Å². The van der Waals surface area contributed by atoms with E-state index in [1.54, 1.807) is 11.0 Å². The maximum Gasteiger partial charge on any atom is 0.278 e. The molecule has 3 N–H and O–H groups in total. The van der Waals surface area contributed by atoms with E-state index in [-0.39, 0.29) is 33.7 Å². The summed E-state index contributed by atoms with van der Waals surface area (Å²) >= 11 is 3.92. The number of tetrazole rings is 1. The summed E-state index contributed by atoms with van der Waals surface area (Å²) in [5.41, 5.74) is 7.00. The second-order valence-corrected chi connectivity index (χ2v) is 11.0. The average Bonchev–Trinajstić information content (AvgIpc) is 3.60. The number of anilines is 1. The Labute approximate surface area is 231 Å². The van der Waals surface area contributed by atoms with E-state index < -0.39 is 17.8 Å². The molecule has 2 atom stereocenters. The first kappa shape index (κ1) is 25.1. The molecule has 1 unspecified atom stereocenters. The van der Waals surface area contributed by atoms with Crippen LogP contribution in [-0.2, 0) is 9.59 Å². The van der Waals surface area contributed by atoms with Gasteiger partial charge in [-0.25, -0.2) is 4.39 Å². The summed E-state index contributed by atoms with van der Waals surface area (Å²) in [6.07, 6.45) is 1.81. The Kier molecular flexibility index (Phi) is 6.79. The van der Waals surface area contributed by atoms with E-state index in [4.69, 9.17) is 10.6 Å². The maximum atomic E-state index is 13.2. The Hall–Kier alpha value is -4.16. The summed E-state index contributed by atoms with van der Waals surface area (Å²) in [5, 5.41) is 22.7. The van der Waals surface area contributed by atoms with Crippen LogP contribution in [0.3, 0.4) is 0 Å². The lowest BCUT2D eigenvalue weighted by Crippen LogP contribution is -2.69. The molecule has 0 spiro atoms. The lowest BCUT2D eigenvalue weighted by molar-refractivity contribution is -0.143. The van der Waals surface area contributed by atoms with E-state index in [0.29, 0.717) is 17.2 Å². The van der Waals surface area contributed by atoms with Crippen molar-refractivity contribution in [3.63, 3.8) is 0 Å². The lowest BCUT2D eigenvalue weighted by atomic mass is 10.1. The molecule has 18 heteroatoms. The molecule has 3 aromatic heterocycles. The lowest BCUT2D eigenvalue weighted by Gasteiger charge is -2.47. The summed E-state index contributed by atoms with van der Waals surface area (Å²) in [5.74, 6) is 0.0142. The van der Waals surface area contributed by atoms with Gasteiger partial charge in [0, 0.05) is 29.2 Å². The van der Waals surface area contributed by atoms with Gasteiger partial charge < -0.3 is 20.8 Å². The van der Waals surface area contributed by atoms with Crippen LogP contribution in [0.15, 0.2) is 58.4 Å². The normalized spacial score (nSPS) is 18.9. The van der Waals surface area contributed by atoms with E-state index in [1.165, 1.54) is 52.4 Å². The number of nitrogens with one attached hydrogen (secondary N) is 1. The second kappa shape index (κ2) is 10.5. The minimum absolute atomic E-state index is 0.0512. The van der Waals surface area contributed by atoms with Crippen LogP contribution in [0.5, 0.6) is 5.75 Å². The Morgan fingerprint density at radius 2 is 2.13 bits per heavy atom. The van der Waals surface area contributed by atoms with Gasteiger partial charge in [0.15, 0.2) is 16.5 Å². The molecule has 6 rings (SSSR count). The number of nitrogens with two attached hydrogens (primary N) is 1. The number of amides is 2. The fourth-order valence-corrected chi connectivity index (χ4v) is 6.27. The van der Waals surface area contributed by atoms with Crippen LogP contribution in [0, 0.1) is 5.82 Å². The zero-order chi connectivity index (χ0) is 26.9. The molecule has 2 amide bonds. The molecular weight excluding hydrogens is 570 g/mol. The zero-order valence-corrected chi connectivity index (χ0v) is 22.0. The van der Waals surface area contributed by atoms with Crippen LogP contribution in [0.2, 0.25) is 0 Å². The van der Waals surface area contributed by atoms with Gasteiger partial charge in [0.25, 0.3) is 11.8 Å². The molecule has 2 aliphatic rings. The molecule has 0 bridgehead atoms. The van der Waals surface area contributed by atoms with Gasteiger partial charge in [-0.2, -0.15) is 9.36 Å². The predicted molar refractivity (Wildman–Crippen MR) is 140 cm³/mol. The van der Waals surface area contributed by atoms with Crippen molar-refractivity contribution in [3.8, 4) is 5.75 Å².